The average molecular weight is 667 g/mol. The van der Waals surface area contributed by atoms with Crippen molar-refractivity contribution in [2.45, 2.75) is 29.7 Å². The maximum Gasteiger partial charge on any atom is 0.352 e. The number of aromatic nitrogens is 6. The minimum Gasteiger partial charge on any atom is -0.503 e. The third-order valence-corrected chi connectivity index (χ3v) is 9.22. The third kappa shape index (κ3) is 6.17. The number of amides is 2. The predicted molar refractivity (Wildman–Crippen MR) is 153 cm³/mol. The number of nitrogens with one attached hydrogen (secondary N) is 1. The highest BCUT2D eigenvalue weighted by Gasteiger charge is 2.54. The van der Waals surface area contributed by atoms with Crippen LogP contribution in [0.1, 0.15) is 11.4 Å². The summed E-state index contributed by atoms with van der Waals surface area (Å²) in [6, 6.07) is -0.196. The highest BCUT2D eigenvalue weighted by molar-refractivity contribution is 8.01. The number of tetrazole rings is 1. The Hall–Kier alpha value is -4.67. The maximum absolute atomic E-state index is 13.3. The van der Waals surface area contributed by atoms with Crippen LogP contribution < -0.4 is 16.5 Å². The minimum atomic E-state index is -1.32. The molecule has 0 unspecified atom stereocenters. The molecule has 232 valence electrons. The van der Waals surface area contributed by atoms with E-state index >= 15 is 0 Å². The highest BCUT2D eigenvalue weighted by atomic mass is 32.2. The third-order valence-electron chi connectivity index (χ3n) is 6.16. The number of carboxylic acid groups (broad SMARTS) is 1. The van der Waals surface area contributed by atoms with E-state index in [0.717, 1.165) is 40.3 Å². The van der Waals surface area contributed by atoms with E-state index in [0.29, 0.717) is 15.5 Å². The Morgan fingerprint density at radius 1 is 1.32 bits per heavy atom. The van der Waals surface area contributed by atoms with Crippen LogP contribution in [0.3, 0.4) is 0 Å². The van der Waals surface area contributed by atoms with Gasteiger partial charge in [0.1, 0.15) is 28.5 Å². The van der Waals surface area contributed by atoms with Gasteiger partial charge in [-0.05, 0) is 16.0 Å². The second-order valence-electron chi connectivity index (χ2n) is 8.96. The smallest absolute Gasteiger partial charge is 0.352 e. The summed E-state index contributed by atoms with van der Waals surface area (Å²) in [4.78, 5) is 60.7. The van der Waals surface area contributed by atoms with E-state index in [1.807, 2.05) is 0 Å². The lowest BCUT2D eigenvalue weighted by Gasteiger charge is -2.49. The Labute approximate surface area is 257 Å². The molecule has 7 N–H and O–H groups in total. The summed E-state index contributed by atoms with van der Waals surface area (Å²) >= 11 is 3.42. The molecule has 0 aromatic carbocycles. The molecule has 44 heavy (non-hydrogen) atoms. The average Bonchev–Trinajstić information content (AvgIpc) is 3.63. The Morgan fingerprint density at radius 3 is 2.82 bits per heavy atom. The van der Waals surface area contributed by atoms with E-state index < -0.39 is 47.0 Å². The molecule has 0 radical (unpaired) electrons. The van der Waals surface area contributed by atoms with Crippen molar-refractivity contribution in [3.05, 3.63) is 50.5 Å². The van der Waals surface area contributed by atoms with Gasteiger partial charge in [-0.25, -0.2) is 14.5 Å². The molecule has 5 rings (SSSR count). The zero-order chi connectivity index (χ0) is 31.5. The number of aliphatic hydroxyl groups is 1. The molecular weight excluding hydrogens is 645 g/mol. The van der Waals surface area contributed by atoms with Crippen LogP contribution in [0.5, 0.6) is 5.75 Å². The number of β-lactam (4-membered cyclic amide) rings is 1. The number of anilines is 1. The number of aromatic hydroxyl groups is 1. The highest BCUT2D eigenvalue weighted by Crippen LogP contribution is 2.41. The second-order valence-corrected chi connectivity index (χ2v) is 11.9. The van der Waals surface area contributed by atoms with Crippen molar-refractivity contribution < 1.29 is 39.7 Å². The lowest BCUT2D eigenvalue weighted by molar-refractivity contribution is -0.150. The van der Waals surface area contributed by atoms with Crippen LogP contribution in [0.4, 0.5) is 5.13 Å². The van der Waals surface area contributed by atoms with Crippen molar-refractivity contribution in [1.29, 1.82) is 0 Å². The SMILES string of the molecule is Nc1nc(/C(=N/OCc2cc(=O)c(O)cn2O)C(=O)N[C@@H]2C(=O)N3C(C(=O)O)=C(CSc4nnnn4CCO)CS[C@H]23)cs1. The second kappa shape index (κ2) is 12.9. The number of carbonyl (C=O) groups excluding carboxylic acids is 2. The van der Waals surface area contributed by atoms with Gasteiger partial charge in [0.25, 0.3) is 11.8 Å². The van der Waals surface area contributed by atoms with E-state index in [1.165, 1.54) is 21.8 Å². The first kappa shape index (κ1) is 30.8. The fourth-order valence-electron chi connectivity index (χ4n) is 4.12. The largest absolute Gasteiger partial charge is 0.503 e. The summed E-state index contributed by atoms with van der Waals surface area (Å²) in [6.45, 7) is -0.518. The van der Waals surface area contributed by atoms with E-state index in [4.69, 9.17) is 15.7 Å². The number of pyridine rings is 1. The summed E-state index contributed by atoms with van der Waals surface area (Å²) < 4.78 is 1.82. The number of rotatable bonds is 12. The fraction of sp³-hybridized carbons (Fsp3) is 0.318. The van der Waals surface area contributed by atoms with Gasteiger partial charge in [0.05, 0.1) is 19.3 Å². The number of carbonyl (C=O) groups is 3. The number of aliphatic hydroxyl groups excluding tert-OH is 1. The van der Waals surface area contributed by atoms with Gasteiger partial charge in [-0.1, -0.05) is 16.9 Å². The number of thioether (sulfide) groups is 2. The maximum atomic E-state index is 13.3. The molecule has 3 aromatic heterocycles. The molecule has 1 saturated heterocycles. The van der Waals surface area contributed by atoms with E-state index in [2.05, 4.69) is 31.0 Å². The van der Waals surface area contributed by atoms with Crippen LogP contribution in [0.2, 0.25) is 0 Å². The molecule has 1 fully saturated rings. The van der Waals surface area contributed by atoms with Crippen LogP contribution in [-0.2, 0) is 32.4 Å². The van der Waals surface area contributed by atoms with Crippen LogP contribution in [-0.4, -0.2) is 108 Å². The summed E-state index contributed by atoms with van der Waals surface area (Å²) in [7, 11) is 0. The number of hydrogen-bond acceptors (Lipinski definition) is 17. The van der Waals surface area contributed by atoms with Gasteiger partial charge >= 0.3 is 5.97 Å². The molecule has 2 aliphatic heterocycles. The van der Waals surface area contributed by atoms with Crippen LogP contribution in [0.15, 0.2) is 44.0 Å². The first-order valence-electron chi connectivity index (χ1n) is 12.3. The van der Waals surface area contributed by atoms with Gasteiger partial charge in [0, 0.05) is 23.0 Å². The van der Waals surface area contributed by atoms with Crippen LogP contribution >= 0.6 is 34.9 Å². The molecule has 0 spiro atoms. The first-order valence-corrected chi connectivity index (χ1v) is 15.3. The van der Waals surface area contributed by atoms with E-state index in [1.54, 1.807) is 0 Å². The summed E-state index contributed by atoms with van der Waals surface area (Å²) in [5.74, 6) is -3.14. The number of nitrogens with two attached hydrogens (primary N) is 1. The standard InChI is InChI=1S/C22H22N10O9S3/c23-21-24-11(8-43-21)14(27-41-5-10-3-12(34)13(35)4-31(10)40)17(36)25-15-18(37)32-16(20(38)39)9(6-42-19(15)32)7-44-22-26-28-29-30(22)1-2-33/h3-4,8,15,19,33,35,40H,1-2,5-7H2,(H2,23,24)(H,25,36)(H,38,39)/b27-14-/t15-,19-/m1/s1. The van der Waals surface area contributed by atoms with Gasteiger partial charge in [-0.3, -0.25) is 19.3 Å². The Morgan fingerprint density at radius 2 is 2.11 bits per heavy atom. The Bertz CT molecular complexity index is 1740. The molecule has 0 bridgehead atoms. The number of fused-ring (bicyclic) bond motifs is 1. The van der Waals surface area contributed by atoms with Crippen molar-refractivity contribution in [1.82, 2.24) is 40.1 Å². The monoisotopic (exact) mass is 666 g/mol. The number of hydrogen-bond donors (Lipinski definition) is 6. The minimum absolute atomic E-state index is 0.0194. The van der Waals surface area contributed by atoms with E-state index in [-0.39, 0.29) is 52.6 Å². The molecular formula is C22H22N10O9S3. The number of nitrogens with zero attached hydrogens (tertiary/aromatic N) is 8. The van der Waals surface area contributed by atoms with E-state index in [9.17, 15) is 34.6 Å². The Kier molecular flexibility index (Phi) is 9.03. The van der Waals surface area contributed by atoms with Crippen molar-refractivity contribution in [2.75, 3.05) is 23.8 Å². The van der Waals surface area contributed by atoms with Crippen molar-refractivity contribution in [3.63, 3.8) is 0 Å². The molecule has 22 heteroatoms. The predicted octanol–water partition coefficient (Wildman–Crippen LogP) is -1.74. The Balaban J connectivity index is 1.30. The molecule has 5 heterocycles. The molecule has 3 aromatic rings. The lowest BCUT2D eigenvalue weighted by atomic mass is 10.0. The molecule has 0 saturated carbocycles. The van der Waals surface area contributed by atoms with Gasteiger partial charge in [0.15, 0.2) is 23.2 Å². The van der Waals surface area contributed by atoms with Crippen LogP contribution in [0.25, 0.3) is 0 Å². The number of oxime groups is 1. The summed E-state index contributed by atoms with van der Waals surface area (Å²) in [5.41, 5.74) is 4.73. The van der Waals surface area contributed by atoms with Crippen molar-refractivity contribution >= 4 is 63.5 Å². The number of nitrogen functional groups attached to an aromatic ring is 1. The van der Waals surface area contributed by atoms with Crippen LogP contribution in [0, 0.1) is 0 Å². The zero-order valence-electron chi connectivity index (χ0n) is 22.1. The topological polar surface area (TPSA) is 274 Å². The summed E-state index contributed by atoms with van der Waals surface area (Å²) in [5, 5.41) is 57.1. The molecule has 0 aliphatic carbocycles. The molecule has 2 amide bonds. The fourth-order valence-corrected chi connectivity index (χ4v) is 7.05. The van der Waals surface area contributed by atoms with Gasteiger partial charge in [0.2, 0.25) is 10.6 Å². The molecule has 19 nitrogen and oxygen atoms in total. The number of thiazole rings is 1. The first-order chi connectivity index (χ1) is 21.1. The lowest BCUT2D eigenvalue weighted by Crippen LogP contribution is -2.71. The zero-order valence-corrected chi connectivity index (χ0v) is 24.6. The van der Waals surface area contributed by atoms with Crippen molar-refractivity contribution in [3.8, 4) is 5.75 Å². The molecule has 2 aliphatic rings. The molecule has 2 atom stereocenters. The van der Waals surface area contributed by atoms with Gasteiger partial charge in [-0.2, -0.15) is 4.73 Å². The number of aliphatic carboxylic acids is 1. The quantitative estimate of drug-likeness (QED) is 0.0411. The van der Waals surface area contributed by atoms with Gasteiger partial charge < -0.3 is 36.4 Å². The number of carboxylic acids is 1. The summed E-state index contributed by atoms with van der Waals surface area (Å²) in [6.07, 6.45) is 0.764. The normalized spacial score (nSPS) is 18.2. The van der Waals surface area contributed by atoms with Gasteiger partial charge in [-0.15, -0.1) is 28.2 Å². The van der Waals surface area contributed by atoms with Crippen molar-refractivity contribution in [2.24, 2.45) is 5.16 Å².